The van der Waals surface area contributed by atoms with E-state index in [0.29, 0.717) is 0 Å². The molecular weight excluding hydrogens is 280 g/mol. The zero-order valence-electron chi connectivity index (χ0n) is 8.84. The minimum Gasteiger partial charge on any atom is -0.263 e. The van der Waals surface area contributed by atoms with Gasteiger partial charge < -0.3 is 0 Å². The fraction of sp³-hybridized carbons (Fsp3) is 0.100. The van der Waals surface area contributed by atoms with Crippen molar-refractivity contribution in [2.75, 3.05) is 4.72 Å². The Morgan fingerprint density at radius 3 is 2.65 bits per heavy atom. The summed E-state index contributed by atoms with van der Waals surface area (Å²) >= 11 is 6.89. The van der Waals surface area contributed by atoms with Crippen LogP contribution in [0.4, 0.5) is 5.82 Å². The lowest BCUT2D eigenvalue weighted by atomic mass is 10.5. The van der Waals surface area contributed by atoms with Gasteiger partial charge in [-0.3, -0.25) is 4.72 Å². The Balaban J connectivity index is 2.29. The summed E-state index contributed by atoms with van der Waals surface area (Å²) in [6.45, 7) is 1.85. The predicted molar refractivity (Wildman–Crippen MR) is 69.1 cm³/mol. The first kappa shape index (κ1) is 12.3. The minimum atomic E-state index is -3.56. The molecule has 2 heterocycles. The Labute approximate surface area is 108 Å². The average molecular weight is 289 g/mol. The van der Waals surface area contributed by atoms with Crippen LogP contribution >= 0.6 is 22.9 Å². The molecule has 0 unspecified atom stereocenters. The van der Waals surface area contributed by atoms with Gasteiger partial charge in [0.15, 0.2) is 0 Å². The van der Waals surface area contributed by atoms with Gasteiger partial charge in [-0.25, -0.2) is 13.4 Å². The van der Waals surface area contributed by atoms with Crippen molar-refractivity contribution < 1.29 is 8.42 Å². The topological polar surface area (TPSA) is 59.1 Å². The van der Waals surface area contributed by atoms with Gasteiger partial charge in [0, 0.05) is 4.88 Å². The lowest BCUT2D eigenvalue weighted by Gasteiger charge is -2.04. The fourth-order valence-corrected chi connectivity index (χ4v) is 3.66. The molecule has 0 radical (unpaired) electrons. The fourth-order valence-electron chi connectivity index (χ4n) is 1.21. The average Bonchev–Trinajstić information content (AvgIpc) is 2.65. The van der Waals surface area contributed by atoms with E-state index < -0.39 is 10.0 Å². The highest BCUT2D eigenvalue weighted by molar-refractivity contribution is 7.94. The number of thiophene rings is 1. The first-order chi connectivity index (χ1) is 7.97. The van der Waals surface area contributed by atoms with Crippen LogP contribution in [0.2, 0.25) is 5.15 Å². The number of aromatic nitrogens is 1. The van der Waals surface area contributed by atoms with Crippen LogP contribution in [-0.4, -0.2) is 13.4 Å². The molecule has 0 aromatic carbocycles. The predicted octanol–water partition coefficient (Wildman–Crippen LogP) is 2.91. The third-order valence-corrected chi connectivity index (χ3v) is 4.99. The molecule has 90 valence electrons. The molecule has 0 aliphatic carbocycles. The van der Waals surface area contributed by atoms with Gasteiger partial charge in [-0.05, 0) is 31.2 Å². The molecule has 7 heteroatoms. The summed E-state index contributed by atoms with van der Waals surface area (Å²) in [7, 11) is -3.56. The highest BCUT2D eigenvalue weighted by atomic mass is 35.5. The lowest BCUT2D eigenvalue weighted by Crippen LogP contribution is -2.12. The molecule has 0 amide bonds. The highest BCUT2D eigenvalue weighted by Gasteiger charge is 2.16. The van der Waals surface area contributed by atoms with Crippen molar-refractivity contribution in [3.05, 3.63) is 40.4 Å². The van der Waals surface area contributed by atoms with E-state index in [1.54, 1.807) is 30.3 Å². The second-order valence-electron chi connectivity index (χ2n) is 3.32. The van der Waals surface area contributed by atoms with Gasteiger partial charge in [-0.15, -0.1) is 11.3 Å². The van der Waals surface area contributed by atoms with Crippen LogP contribution in [0, 0.1) is 6.92 Å². The summed E-state index contributed by atoms with van der Waals surface area (Å²) in [6.07, 6.45) is 0. The van der Waals surface area contributed by atoms with E-state index in [-0.39, 0.29) is 15.2 Å². The quantitative estimate of drug-likeness (QED) is 0.884. The van der Waals surface area contributed by atoms with Crippen LogP contribution in [0.1, 0.15) is 4.88 Å². The number of sulfonamides is 1. The Hall–Kier alpha value is -1.11. The molecule has 4 nitrogen and oxygen atoms in total. The van der Waals surface area contributed by atoms with Crippen LogP contribution in [0.5, 0.6) is 0 Å². The normalized spacial score (nSPS) is 11.4. The second kappa shape index (κ2) is 4.64. The zero-order chi connectivity index (χ0) is 12.5. The lowest BCUT2D eigenvalue weighted by molar-refractivity contribution is 0.603. The molecule has 17 heavy (non-hydrogen) atoms. The zero-order valence-corrected chi connectivity index (χ0v) is 11.2. The number of hydrogen-bond acceptors (Lipinski definition) is 4. The molecule has 0 bridgehead atoms. The summed E-state index contributed by atoms with van der Waals surface area (Å²) in [5, 5.41) is 0.243. The summed E-state index contributed by atoms with van der Waals surface area (Å²) in [6, 6.07) is 8.07. The van der Waals surface area contributed by atoms with Crippen LogP contribution < -0.4 is 4.72 Å². The number of rotatable bonds is 3. The van der Waals surface area contributed by atoms with Crippen LogP contribution in [0.3, 0.4) is 0 Å². The van der Waals surface area contributed by atoms with Crippen molar-refractivity contribution >= 4 is 38.8 Å². The summed E-state index contributed by atoms with van der Waals surface area (Å²) in [5.41, 5.74) is 0. The molecule has 1 N–H and O–H groups in total. The molecule has 2 aromatic heterocycles. The van der Waals surface area contributed by atoms with E-state index in [0.717, 1.165) is 4.88 Å². The van der Waals surface area contributed by atoms with E-state index in [2.05, 4.69) is 9.71 Å². The maximum Gasteiger partial charge on any atom is 0.272 e. The standard InChI is InChI=1S/C10H9ClN2O2S2/c1-7-5-6-10(16-7)17(14,15)13-9-4-2-3-8(11)12-9/h2-6H,1H3,(H,12,13). The van der Waals surface area contributed by atoms with Crippen LogP contribution in [0.15, 0.2) is 34.5 Å². The van der Waals surface area contributed by atoms with E-state index in [4.69, 9.17) is 11.6 Å². The Morgan fingerprint density at radius 1 is 1.29 bits per heavy atom. The molecule has 0 saturated carbocycles. The Morgan fingerprint density at radius 2 is 2.06 bits per heavy atom. The van der Waals surface area contributed by atoms with Crippen molar-refractivity contribution in [2.45, 2.75) is 11.1 Å². The van der Waals surface area contributed by atoms with E-state index in [9.17, 15) is 8.42 Å². The summed E-state index contributed by atoms with van der Waals surface area (Å²) < 4.78 is 26.5. The third-order valence-electron chi connectivity index (χ3n) is 1.93. The number of anilines is 1. The third kappa shape index (κ3) is 2.96. The van der Waals surface area contributed by atoms with Crippen molar-refractivity contribution in [1.29, 1.82) is 0 Å². The molecule has 0 aliphatic heterocycles. The molecule has 0 spiro atoms. The summed E-state index contributed by atoms with van der Waals surface area (Å²) in [5.74, 6) is 0.212. The minimum absolute atomic E-state index is 0.212. The monoisotopic (exact) mass is 288 g/mol. The molecule has 0 aliphatic rings. The number of nitrogens with one attached hydrogen (secondary N) is 1. The molecule has 2 aromatic rings. The molecule has 0 fully saturated rings. The summed E-state index contributed by atoms with van der Waals surface area (Å²) in [4.78, 5) is 4.81. The molecule has 2 rings (SSSR count). The Bertz CT molecular complexity index is 637. The van der Waals surface area contributed by atoms with Crippen molar-refractivity contribution in [2.24, 2.45) is 0 Å². The maximum absolute atomic E-state index is 11.9. The van der Waals surface area contributed by atoms with Gasteiger partial charge in [0.1, 0.15) is 15.2 Å². The van der Waals surface area contributed by atoms with Crippen molar-refractivity contribution in [3.8, 4) is 0 Å². The molecular formula is C10H9ClN2O2S2. The van der Waals surface area contributed by atoms with Gasteiger partial charge in [0.05, 0.1) is 0 Å². The molecule has 0 saturated heterocycles. The number of halogens is 1. The number of pyridine rings is 1. The van der Waals surface area contributed by atoms with Gasteiger partial charge in [-0.1, -0.05) is 17.7 Å². The SMILES string of the molecule is Cc1ccc(S(=O)(=O)Nc2cccc(Cl)n2)s1. The number of aryl methyl sites for hydroxylation is 1. The number of hydrogen-bond donors (Lipinski definition) is 1. The van der Waals surface area contributed by atoms with Crippen molar-refractivity contribution in [1.82, 2.24) is 4.98 Å². The number of nitrogens with zero attached hydrogens (tertiary/aromatic N) is 1. The van der Waals surface area contributed by atoms with Gasteiger partial charge >= 0.3 is 0 Å². The maximum atomic E-state index is 11.9. The first-order valence-corrected chi connectivity index (χ1v) is 7.37. The highest BCUT2D eigenvalue weighted by Crippen LogP contribution is 2.23. The van der Waals surface area contributed by atoms with Crippen LogP contribution in [-0.2, 0) is 10.0 Å². The van der Waals surface area contributed by atoms with Crippen molar-refractivity contribution in [3.63, 3.8) is 0 Å². The smallest absolute Gasteiger partial charge is 0.263 e. The first-order valence-electron chi connectivity index (χ1n) is 4.69. The largest absolute Gasteiger partial charge is 0.272 e. The van der Waals surface area contributed by atoms with Gasteiger partial charge in [0.2, 0.25) is 0 Å². The molecule has 0 atom stereocenters. The van der Waals surface area contributed by atoms with E-state index >= 15 is 0 Å². The second-order valence-corrected chi connectivity index (χ2v) is 6.90. The van der Waals surface area contributed by atoms with E-state index in [1.807, 2.05) is 6.92 Å². The van der Waals surface area contributed by atoms with Gasteiger partial charge in [-0.2, -0.15) is 0 Å². The van der Waals surface area contributed by atoms with Crippen LogP contribution in [0.25, 0.3) is 0 Å². The van der Waals surface area contributed by atoms with Gasteiger partial charge in [0.25, 0.3) is 10.0 Å². The Kier molecular flexibility index (Phi) is 3.37. The van der Waals surface area contributed by atoms with E-state index in [1.165, 1.54) is 11.3 Å².